The van der Waals surface area contributed by atoms with Crippen LogP contribution in [0.4, 0.5) is 10.1 Å². The average Bonchev–Trinajstić information content (AvgIpc) is 3.14. The maximum Gasteiger partial charge on any atom is 0.251 e. The second kappa shape index (κ2) is 8.80. The Morgan fingerprint density at radius 3 is 2.61 bits per heavy atom. The number of amides is 1. The molecule has 2 N–H and O–H groups in total. The summed E-state index contributed by atoms with van der Waals surface area (Å²) in [6, 6.07) is 18.8. The molecule has 5 heteroatoms. The summed E-state index contributed by atoms with van der Waals surface area (Å²) in [5, 5.41) is 6.29. The molecule has 0 aliphatic carbocycles. The summed E-state index contributed by atoms with van der Waals surface area (Å²) in [6.45, 7) is 4.59. The molecule has 3 aromatic carbocycles. The predicted molar refractivity (Wildman–Crippen MR) is 122 cm³/mol. The Kier molecular flexibility index (Phi) is 5.94. The van der Waals surface area contributed by atoms with Gasteiger partial charge in [0.2, 0.25) is 0 Å². The molecule has 0 aromatic heterocycles. The van der Waals surface area contributed by atoms with Crippen LogP contribution < -0.4 is 15.4 Å². The monoisotopic (exact) mass is 418 g/mol. The number of aryl methyl sites for hydroxylation is 1. The number of methoxy groups -OCH3 is 1. The molecule has 1 aliphatic heterocycles. The molecule has 0 radical (unpaired) electrons. The third kappa shape index (κ3) is 4.26. The lowest BCUT2D eigenvalue weighted by Crippen LogP contribution is -2.27. The summed E-state index contributed by atoms with van der Waals surface area (Å²) in [5.74, 6) is 0.640. The van der Waals surface area contributed by atoms with E-state index in [1.807, 2.05) is 61.5 Å². The number of hydrogen-bond acceptors (Lipinski definition) is 3. The Morgan fingerprint density at radius 2 is 1.87 bits per heavy atom. The molecular formula is C26H27FN2O2. The first-order chi connectivity index (χ1) is 15.0. The van der Waals surface area contributed by atoms with Crippen molar-refractivity contribution in [2.75, 3.05) is 19.0 Å². The van der Waals surface area contributed by atoms with Gasteiger partial charge < -0.3 is 15.4 Å². The number of carbonyl (C=O) groups is 1. The number of anilines is 1. The van der Waals surface area contributed by atoms with Crippen molar-refractivity contribution in [1.82, 2.24) is 5.32 Å². The molecule has 160 valence electrons. The smallest absolute Gasteiger partial charge is 0.251 e. The molecule has 0 saturated carbocycles. The van der Waals surface area contributed by atoms with Crippen LogP contribution in [0.15, 0.2) is 60.7 Å². The number of rotatable bonds is 6. The van der Waals surface area contributed by atoms with Gasteiger partial charge >= 0.3 is 0 Å². The van der Waals surface area contributed by atoms with Crippen molar-refractivity contribution in [3.8, 4) is 16.9 Å². The van der Waals surface area contributed by atoms with Gasteiger partial charge in [-0.1, -0.05) is 30.3 Å². The van der Waals surface area contributed by atoms with Gasteiger partial charge in [0.05, 0.1) is 12.8 Å². The molecule has 1 amide bonds. The summed E-state index contributed by atoms with van der Waals surface area (Å²) in [7, 11) is 1.64. The Labute approximate surface area is 182 Å². The van der Waals surface area contributed by atoms with Gasteiger partial charge in [0.25, 0.3) is 5.91 Å². The number of benzene rings is 3. The molecule has 4 nitrogen and oxygen atoms in total. The van der Waals surface area contributed by atoms with Crippen LogP contribution in [0.2, 0.25) is 0 Å². The zero-order valence-corrected chi connectivity index (χ0v) is 18.0. The molecule has 0 spiro atoms. The largest absolute Gasteiger partial charge is 0.497 e. The van der Waals surface area contributed by atoms with Crippen LogP contribution in [-0.2, 0) is 0 Å². The summed E-state index contributed by atoms with van der Waals surface area (Å²) in [4.78, 5) is 12.7. The molecule has 2 unspecified atom stereocenters. The Bertz CT molecular complexity index is 1100. The van der Waals surface area contributed by atoms with Gasteiger partial charge in [-0.15, -0.1) is 0 Å². The highest BCUT2D eigenvalue weighted by Gasteiger charge is 2.32. The first-order valence-corrected chi connectivity index (χ1v) is 10.6. The average molecular weight is 419 g/mol. The number of fused-ring (bicyclic) bond motifs is 1. The topological polar surface area (TPSA) is 50.4 Å². The fraction of sp³-hybridized carbons (Fsp3) is 0.269. The van der Waals surface area contributed by atoms with E-state index in [4.69, 9.17) is 4.74 Å². The third-order valence-corrected chi connectivity index (χ3v) is 6.05. The van der Waals surface area contributed by atoms with E-state index >= 15 is 0 Å². The predicted octanol–water partition coefficient (Wildman–Crippen LogP) is 5.53. The molecule has 1 heterocycles. The fourth-order valence-electron chi connectivity index (χ4n) is 4.36. The van der Waals surface area contributed by atoms with Crippen molar-refractivity contribution in [2.24, 2.45) is 0 Å². The van der Waals surface area contributed by atoms with Crippen molar-refractivity contribution in [2.45, 2.75) is 32.2 Å². The van der Waals surface area contributed by atoms with Crippen molar-refractivity contribution in [3.63, 3.8) is 0 Å². The van der Waals surface area contributed by atoms with Crippen LogP contribution in [-0.4, -0.2) is 25.6 Å². The highest BCUT2D eigenvalue weighted by Crippen LogP contribution is 2.41. The van der Waals surface area contributed by atoms with E-state index in [1.54, 1.807) is 7.11 Å². The zero-order chi connectivity index (χ0) is 22.0. The molecule has 0 saturated heterocycles. The van der Waals surface area contributed by atoms with Gasteiger partial charge in [-0.3, -0.25) is 4.79 Å². The first-order valence-electron chi connectivity index (χ1n) is 10.6. The maximum absolute atomic E-state index is 14.2. The van der Waals surface area contributed by atoms with Crippen LogP contribution in [0.1, 0.15) is 40.7 Å². The molecular weight excluding hydrogens is 391 g/mol. The number of nitrogens with one attached hydrogen (secondary N) is 2. The number of halogens is 1. The second-order valence-corrected chi connectivity index (χ2v) is 8.05. The summed E-state index contributed by atoms with van der Waals surface area (Å²) in [5.41, 5.74) is 5.34. The van der Waals surface area contributed by atoms with Gasteiger partial charge in [-0.05, 0) is 72.9 Å². The summed E-state index contributed by atoms with van der Waals surface area (Å²) < 4.78 is 19.4. The molecule has 2 atom stereocenters. The lowest BCUT2D eigenvalue weighted by molar-refractivity contribution is 0.0952. The minimum absolute atomic E-state index is 0.106. The van der Waals surface area contributed by atoms with Crippen LogP contribution in [0.25, 0.3) is 11.1 Å². The number of carbonyl (C=O) groups excluding carboxylic acids is 1. The summed E-state index contributed by atoms with van der Waals surface area (Å²) in [6.07, 6.45) is 0.745. The van der Waals surface area contributed by atoms with E-state index in [0.717, 1.165) is 34.4 Å². The van der Waals surface area contributed by atoms with Crippen molar-refractivity contribution in [3.05, 3.63) is 83.2 Å². The Hall–Kier alpha value is -3.34. The number of hydrogen-bond donors (Lipinski definition) is 2. The van der Waals surface area contributed by atoms with Crippen LogP contribution in [0, 0.1) is 12.7 Å². The summed E-state index contributed by atoms with van der Waals surface area (Å²) >= 11 is 0. The minimum Gasteiger partial charge on any atom is -0.497 e. The van der Waals surface area contributed by atoms with Crippen LogP contribution in [0.3, 0.4) is 0 Å². The Morgan fingerprint density at radius 1 is 1.10 bits per heavy atom. The van der Waals surface area contributed by atoms with Crippen molar-refractivity contribution >= 4 is 11.6 Å². The van der Waals surface area contributed by atoms with Crippen molar-refractivity contribution < 1.29 is 13.9 Å². The fourth-order valence-corrected chi connectivity index (χ4v) is 4.36. The lowest BCUT2D eigenvalue weighted by Gasteiger charge is -2.18. The first kappa shape index (κ1) is 20.9. The zero-order valence-electron chi connectivity index (χ0n) is 18.0. The lowest BCUT2D eigenvalue weighted by atomic mass is 9.89. The van der Waals surface area contributed by atoms with Gasteiger partial charge in [0.1, 0.15) is 11.6 Å². The van der Waals surface area contributed by atoms with Gasteiger partial charge in [-0.2, -0.15) is 0 Å². The highest BCUT2D eigenvalue weighted by atomic mass is 19.1. The third-order valence-electron chi connectivity index (χ3n) is 6.05. The molecule has 0 fully saturated rings. The quantitative estimate of drug-likeness (QED) is 0.554. The minimum atomic E-state index is -0.214. The molecule has 31 heavy (non-hydrogen) atoms. The normalized spacial score (nSPS) is 17.0. The van der Waals surface area contributed by atoms with E-state index in [-0.39, 0.29) is 23.7 Å². The molecule has 0 bridgehead atoms. The van der Waals surface area contributed by atoms with E-state index in [2.05, 4.69) is 17.6 Å². The Balaban J connectivity index is 1.42. The SMILES string of the molecule is COc1ccc(-c2cccc(C(=O)NCCC3c4c(C)ccc(F)c4NC3C)c2)cc1. The van der Waals surface area contributed by atoms with E-state index < -0.39 is 0 Å². The molecule has 3 aromatic rings. The standard InChI is InChI=1S/C26H27FN2O2/c1-16-7-12-23(27)25-24(16)22(17(2)29-25)13-14-28-26(30)20-6-4-5-19(15-20)18-8-10-21(31-3)11-9-18/h4-12,15,17,22,29H,13-14H2,1-3H3,(H,28,30). The highest BCUT2D eigenvalue weighted by molar-refractivity contribution is 5.95. The van der Waals surface area contributed by atoms with Crippen LogP contribution in [0.5, 0.6) is 5.75 Å². The second-order valence-electron chi connectivity index (χ2n) is 8.05. The van der Waals surface area contributed by atoms with E-state index in [1.165, 1.54) is 6.07 Å². The van der Waals surface area contributed by atoms with Gasteiger partial charge in [0, 0.05) is 24.1 Å². The van der Waals surface area contributed by atoms with Crippen LogP contribution >= 0.6 is 0 Å². The molecule has 4 rings (SSSR count). The van der Waals surface area contributed by atoms with E-state index in [9.17, 15) is 9.18 Å². The molecule has 1 aliphatic rings. The van der Waals surface area contributed by atoms with Crippen molar-refractivity contribution in [1.29, 1.82) is 0 Å². The van der Waals surface area contributed by atoms with Gasteiger partial charge in [-0.25, -0.2) is 4.39 Å². The maximum atomic E-state index is 14.2. The van der Waals surface area contributed by atoms with E-state index in [0.29, 0.717) is 17.8 Å². The number of ether oxygens (including phenoxy) is 1. The van der Waals surface area contributed by atoms with Gasteiger partial charge in [0.15, 0.2) is 0 Å².